The zero-order valence-corrected chi connectivity index (χ0v) is 11.5. The maximum absolute atomic E-state index is 10.6. The highest BCUT2D eigenvalue weighted by Crippen LogP contribution is 2.29. The van der Waals surface area contributed by atoms with Crippen LogP contribution in [-0.2, 0) is 4.79 Å². The summed E-state index contributed by atoms with van der Waals surface area (Å²) in [6.45, 7) is 8.43. The van der Waals surface area contributed by atoms with Crippen molar-refractivity contribution >= 4 is 5.97 Å². The van der Waals surface area contributed by atoms with Crippen LogP contribution in [0.15, 0.2) is 0 Å². The minimum absolute atomic E-state index is 0.264. The van der Waals surface area contributed by atoms with Crippen LogP contribution in [-0.4, -0.2) is 35.1 Å². The fourth-order valence-corrected chi connectivity index (χ4v) is 2.86. The molecular weight excluding hydrogens is 214 g/mol. The zero-order valence-electron chi connectivity index (χ0n) is 11.5. The Kier molecular flexibility index (Phi) is 5.96. The SMILES string of the molecule is CC1CCCC(CN(CCC(=O)O)C(C)C)C1. The zero-order chi connectivity index (χ0) is 12.8. The van der Waals surface area contributed by atoms with Crippen LogP contribution in [0.4, 0.5) is 0 Å². The van der Waals surface area contributed by atoms with Crippen LogP contribution in [0.1, 0.15) is 52.9 Å². The average Bonchev–Trinajstić information content (AvgIpc) is 2.23. The van der Waals surface area contributed by atoms with Gasteiger partial charge in [0.15, 0.2) is 0 Å². The lowest BCUT2D eigenvalue weighted by atomic mass is 9.82. The van der Waals surface area contributed by atoms with Gasteiger partial charge in [0, 0.05) is 19.1 Å². The van der Waals surface area contributed by atoms with Gasteiger partial charge in [-0.1, -0.05) is 19.8 Å². The molecule has 0 aromatic heterocycles. The van der Waals surface area contributed by atoms with Crippen LogP contribution in [0.25, 0.3) is 0 Å². The molecule has 0 saturated heterocycles. The smallest absolute Gasteiger partial charge is 0.304 e. The molecule has 1 aliphatic carbocycles. The fourth-order valence-electron chi connectivity index (χ4n) is 2.86. The first kappa shape index (κ1) is 14.5. The molecule has 1 N–H and O–H groups in total. The summed E-state index contributed by atoms with van der Waals surface area (Å²) >= 11 is 0. The van der Waals surface area contributed by atoms with Gasteiger partial charge in [-0.2, -0.15) is 0 Å². The minimum Gasteiger partial charge on any atom is -0.481 e. The Morgan fingerprint density at radius 1 is 1.41 bits per heavy atom. The van der Waals surface area contributed by atoms with Crippen molar-refractivity contribution in [3.63, 3.8) is 0 Å². The van der Waals surface area contributed by atoms with Crippen molar-refractivity contribution in [3.05, 3.63) is 0 Å². The number of hydrogen-bond donors (Lipinski definition) is 1. The summed E-state index contributed by atoms with van der Waals surface area (Å²) in [5.41, 5.74) is 0. The van der Waals surface area contributed by atoms with E-state index < -0.39 is 5.97 Å². The highest BCUT2D eigenvalue weighted by atomic mass is 16.4. The number of carboxylic acid groups (broad SMARTS) is 1. The normalized spacial score (nSPS) is 25.5. The molecule has 0 amide bonds. The van der Waals surface area contributed by atoms with Crippen molar-refractivity contribution in [1.82, 2.24) is 4.90 Å². The molecule has 0 aliphatic heterocycles. The van der Waals surface area contributed by atoms with Gasteiger partial charge in [-0.15, -0.1) is 0 Å². The molecule has 0 aromatic carbocycles. The van der Waals surface area contributed by atoms with E-state index in [2.05, 4.69) is 25.7 Å². The highest BCUT2D eigenvalue weighted by Gasteiger charge is 2.22. The number of hydrogen-bond acceptors (Lipinski definition) is 2. The molecule has 1 rings (SSSR count). The first-order chi connectivity index (χ1) is 7.99. The monoisotopic (exact) mass is 241 g/mol. The van der Waals surface area contributed by atoms with E-state index >= 15 is 0 Å². The quantitative estimate of drug-likeness (QED) is 0.777. The van der Waals surface area contributed by atoms with Gasteiger partial charge in [0.05, 0.1) is 6.42 Å². The Balaban J connectivity index is 2.39. The largest absolute Gasteiger partial charge is 0.481 e. The Morgan fingerprint density at radius 2 is 2.12 bits per heavy atom. The van der Waals surface area contributed by atoms with Crippen LogP contribution in [0.5, 0.6) is 0 Å². The van der Waals surface area contributed by atoms with E-state index in [0.717, 1.165) is 18.4 Å². The van der Waals surface area contributed by atoms with Gasteiger partial charge in [-0.05, 0) is 38.5 Å². The summed E-state index contributed by atoms with van der Waals surface area (Å²) in [5.74, 6) is 0.935. The molecule has 3 heteroatoms. The summed E-state index contributed by atoms with van der Waals surface area (Å²) in [6, 6.07) is 0.451. The second-order valence-electron chi connectivity index (χ2n) is 5.87. The second kappa shape index (κ2) is 7.00. The van der Waals surface area contributed by atoms with Gasteiger partial charge in [0.2, 0.25) is 0 Å². The summed E-state index contributed by atoms with van der Waals surface area (Å²) in [6.07, 6.45) is 5.61. The molecule has 3 nitrogen and oxygen atoms in total. The van der Waals surface area contributed by atoms with Crippen molar-refractivity contribution in [1.29, 1.82) is 0 Å². The lowest BCUT2D eigenvalue weighted by molar-refractivity contribution is -0.137. The van der Waals surface area contributed by atoms with Crippen LogP contribution in [0.3, 0.4) is 0 Å². The number of rotatable bonds is 6. The van der Waals surface area contributed by atoms with Crippen LogP contribution in [0.2, 0.25) is 0 Å². The first-order valence-electron chi connectivity index (χ1n) is 6.95. The summed E-state index contributed by atoms with van der Waals surface area (Å²) in [4.78, 5) is 13.0. The minimum atomic E-state index is -0.687. The van der Waals surface area contributed by atoms with E-state index in [0.29, 0.717) is 12.6 Å². The van der Waals surface area contributed by atoms with Crippen molar-refractivity contribution < 1.29 is 9.90 Å². The molecule has 17 heavy (non-hydrogen) atoms. The molecule has 1 fully saturated rings. The predicted octanol–water partition coefficient (Wildman–Crippen LogP) is 3.00. The highest BCUT2D eigenvalue weighted by molar-refractivity contribution is 5.66. The summed E-state index contributed by atoms with van der Waals surface area (Å²) < 4.78 is 0. The van der Waals surface area contributed by atoms with Gasteiger partial charge in [0.25, 0.3) is 0 Å². The maximum atomic E-state index is 10.6. The van der Waals surface area contributed by atoms with E-state index in [1.807, 2.05) is 0 Å². The Hall–Kier alpha value is -0.570. The molecule has 0 heterocycles. The number of nitrogens with zero attached hydrogens (tertiary/aromatic N) is 1. The molecule has 2 unspecified atom stereocenters. The van der Waals surface area contributed by atoms with Gasteiger partial charge in [-0.3, -0.25) is 4.79 Å². The first-order valence-corrected chi connectivity index (χ1v) is 6.95. The molecule has 1 aliphatic rings. The average molecular weight is 241 g/mol. The maximum Gasteiger partial charge on any atom is 0.304 e. The van der Waals surface area contributed by atoms with Crippen molar-refractivity contribution in [2.24, 2.45) is 11.8 Å². The molecule has 2 atom stereocenters. The van der Waals surface area contributed by atoms with E-state index in [4.69, 9.17) is 5.11 Å². The van der Waals surface area contributed by atoms with Crippen LogP contribution in [0, 0.1) is 11.8 Å². The van der Waals surface area contributed by atoms with Crippen LogP contribution < -0.4 is 0 Å². The molecule has 0 radical (unpaired) electrons. The second-order valence-corrected chi connectivity index (χ2v) is 5.87. The third kappa shape index (κ3) is 5.53. The van der Waals surface area contributed by atoms with Gasteiger partial charge in [0.1, 0.15) is 0 Å². The Labute approximate surface area is 105 Å². The third-order valence-electron chi connectivity index (χ3n) is 3.88. The van der Waals surface area contributed by atoms with E-state index in [9.17, 15) is 4.79 Å². The Morgan fingerprint density at radius 3 is 2.65 bits per heavy atom. The Bertz CT molecular complexity index is 240. The number of aliphatic carboxylic acids is 1. The van der Waals surface area contributed by atoms with E-state index in [1.54, 1.807) is 0 Å². The molecule has 100 valence electrons. The van der Waals surface area contributed by atoms with Gasteiger partial charge in [-0.25, -0.2) is 0 Å². The number of carboxylic acids is 1. The lowest BCUT2D eigenvalue weighted by Gasteiger charge is -2.34. The molecule has 0 aromatic rings. The predicted molar refractivity (Wildman–Crippen MR) is 70.1 cm³/mol. The fraction of sp³-hybridized carbons (Fsp3) is 0.929. The molecular formula is C14H27NO2. The molecule has 0 bridgehead atoms. The summed E-state index contributed by atoms with van der Waals surface area (Å²) in [5, 5.41) is 8.77. The van der Waals surface area contributed by atoms with Crippen LogP contribution >= 0.6 is 0 Å². The topological polar surface area (TPSA) is 40.5 Å². The standard InChI is InChI=1S/C14H27NO2/c1-11(2)15(8-7-14(16)17)10-13-6-4-5-12(3)9-13/h11-13H,4-10H2,1-3H3,(H,16,17). The molecule has 1 saturated carbocycles. The van der Waals surface area contributed by atoms with Gasteiger partial charge >= 0.3 is 5.97 Å². The molecule has 0 spiro atoms. The van der Waals surface area contributed by atoms with Crippen molar-refractivity contribution in [3.8, 4) is 0 Å². The lowest BCUT2D eigenvalue weighted by Crippen LogP contribution is -2.38. The van der Waals surface area contributed by atoms with Gasteiger partial charge < -0.3 is 10.0 Å². The van der Waals surface area contributed by atoms with E-state index in [1.165, 1.54) is 25.7 Å². The number of carbonyl (C=O) groups is 1. The van der Waals surface area contributed by atoms with Crippen molar-refractivity contribution in [2.45, 2.75) is 58.9 Å². The summed E-state index contributed by atoms with van der Waals surface area (Å²) in [7, 11) is 0. The third-order valence-corrected chi connectivity index (χ3v) is 3.88. The van der Waals surface area contributed by atoms with Crippen molar-refractivity contribution in [2.75, 3.05) is 13.1 Å². The van der Waals surface area contributed by atoms with E-state index in [-0.39, 0.29) is 6.42 Å².